The maximum absolute atomic E-state index is 12.4. The van der Waals surface area contributed by atoms with Crippen LogP contribution in [-0.4, -0.2) is 36.4 Å². The Morgan fingerprint density at radius 3 is 0.789 bits per heavy atom. The van der Waals surface area contributed by atoms with Gasteiger partial charge in [0.1, 0.15) is 6.61 Å². The van der Waals surface area contributed by atoms with E-state index in [1.807, 2.05) is 0 Å². The second-order valence-electron chi connectivity index (χ2n) is 22.5. The lowest BCUT2D eigenvalue weighted by Crippen LogP contribution is -2.28. The lowest BCUT2D eigenvalue weighted by Gasteiger charge is -2.15. The van der Waals surface area contributed by atoms with Crippen molar-refractivity contribution >= 4 is 11.9 Å². The Labute approximate surface area is 473 Å². The molecule has 0 rings (SSSR count). The molecule has 0 saturated carbocycles. The number of rotatable bonds is 62. The predicted octanol–water partition coefficient (Wildman–Crippen LogP) is 23.1. The number of unbranched alkanes of at least 4 members (excludes halogenated alkanes) is 42. The minimum atomic E-state index is -0.775. The van der Waals surface area contributed by atoms with Gasteiger partial charge in [-0.15, -0.1) is 0 Å². The molecular formula is C71H128O5. The van der Waals surface area contributed by atoms with Crippen molar-refractivity contribution in [3.63, 3.8) is 0 Å². The minimum Gasteiger partial charge on any atom is -0.462 e. The summed E-state index contributed by atoms with van der Waals surface area (Å²) in [5.41, 5.74) is 0. The van der Waals surface area contributed by atoms with Crippen LogP contribution in [0.15, 0.2) is 72.9 Å². The summed E-state index contributed by atoms with van der Waals surface area (Å²) < 4.78 is 10.8. The summed E-state index contributed by atoms with van der Waals surface area (Å²) in [5, 5.41) is 9.69. The molecule has 0 aliphatic carbocycles. The van der Waals surface area contributed by atoms with E-state index in [9.17, 15) is 14.7 Å². The summed E-state index contributed by atoms with van der Waals surface area (Å²) >= 11 is 0. The SMILES string of the molecule is CCCCCCC/C=C\C/C=C\C/C=C\CCCCCCCCCCCCCCCCCCCCC(=O)OC(CO)COC(=O)CCCCCCCCCCCCCCCC/C=C\C/C=C\C/C=C\CCCCCCC. The Bertz CT molecular complexity index is 1340. The third kappa shape index (κ3) is 63.9. The molecule has 442 valence electrons. The molecule has 0 spiro atoms. The fourth-order valence-corrected chi connectivity index (χ4v) is 9.93. The third-order valence-electron chi connectivity index (χ3n) is 15.0. The van der Waals surface area contributed by atoms with Crippen molar-refractivity contribution in [1.82, 2.24) is 0 Å². The van der Waals surface area contributed by atoms with Gasteiger partial charge in [-0.05, 0) is 89.9 Å². The van der Waals surface area contributed by atoms with E-state index in [4.69, 9.17) is 9.47 Å². The highest BCUT2D eigenvalue weighted by Gasteiger charge is 2.16. The summed E-state index contributed by atoms with van der Waals surface area (Å²) in [4.78, 5) is 24.6. The van der Waals surface area contributed by atoms with Gasteiger partial charge in [-0.3, -0.25) is 9.59 Å². The van der Waals surface area contributed by atoms with Crippen LogP contribution in [0, 0.1) is 0 Å². The second-order valence-corrected chi connectivity index (χ2v) is 22.5. The van der Waals surface area contributed by atoms with Crippen molar-refractivity contribution in [2.45, 2.75) is 354 Å². The second kappa shape index (κ2) is 66.6. The van der Waals surface area contributed by atoms with Gasteiger partial charge in [-0.25, -0.2) is 0 Å². The van der Waals surface area contributed by atoms with E-state index in [0.717, 1.165) is 64.2 Å². The van der Waals surface area contributed by atoms with E-state index in [1.165, 1.54) is 257 Å². The quantitative estimate of drug-likeness (QED) is 0.0373. The van der Waals surface area contributed by atoms with E-state index in [0.29, 0.717) is 12.8 Å². The van der Waals surface area contributed by atoms with Crippen LogP contribution in [0.1, 0.15) is 348 Å². The van der Waals surface area contributed by atoms with Crippen LogP contribution in [0.3, 0.4) is 0 Å². The molecule has 0 heterocycles. The number of hydrogen-bond acceptors (Lipinski definition) is 5. The summed E-state index contributed by atoms with van der Waals surface area (Å²) in [6, 6.07) is 0. The smallest absolute Gasteiger partial charge is 0.306 e. The highest BCUT2D eigenvalue weighted by molar-refractivity contribution is 5.70. The lowest BCUT2D eigenvalue weighted by atomic mass is 10.0. The average Bonchev–Trinajstić information content (AvgIpc) is 3.42. The first-order valence-electron chi connectivity index (χ1n) is 33.5. The molecule has 0 saturated heterocycles. The van der Waals surface area contributed by atoms with E-state index in [2.05, 4.69) is 86.8 Å². The topological polar surface area (TPSA) is 72.8 Å². The molecule has 5 nitrogen and oxygen atoms in total. The van der Waals surface area contributed by atoms with Gasteiger partial charge in [0.15, 0.2) is 6.10 Å². The first-order chi connectivity index (χ1) is 37.6. The van der Waals surface area contributed by atoms with Crippen LogP contribution >= 0.6 is 0 Å². The Hall–Kier alpha value is -2.66. The fourth-order valence-electron chi connectivity index (χ4n) is 9.93. The largest absolute Gasteiger partial charge is 0.462 e. The number of carbonyl (C=O) groups is 2. The molecule has 76 heavy (non-hydrogen) atoms. The van der Waals surface area contributed by atoms with Gasteiger partial charge in [0.25, 0.3) is 0 Å². The number of aliphatic hydroxyl groups excluding tert-OH is 1. The minimum absolute atomic E-state index is 0.0647. The normalized spacial score (nSPS) is 12.6. The molecule has 0 aliphatic heterocycles. The molecule has 0 amide bonds. The van der Waals surface area contributed by atoms with Crippen LogP contribution in [0.5, 0.6) is 0 Å². The van der Waals surface area contributed by atoms with Gasteiger partial charge in [0, 0.05) is 12.8 Å². The monoisotopic (exact) mass is 1060 g/mol. The van der Waals surface area contributed by atoms with Crippen LogP contribution in [0.2, 0.25) is 0 Å². The van der Waals surface area contributed by atoms with Crippen LogP contribution in [0.4, 0.5) is 0 Å². The summed E-state index contributed by atoms with van der Waals surface area (Å²) in [6.45, 7) is 4.16. The molecule has 0 aromatic heterocycles. The number of esters is 2. The molecule has 0 bridgehead atoms. The number of ether oxygens (including phenoxy) is 2. The summed E-state index contributed by atoms with van der Waals surface area (Å²) in [5.74, 6) is -0.577. The molecule has 0 fully saturated rings. The van der Waals surface area contributed by atoms with Crippen LogP contribution < -0.4 is 0 Å². The summed E-state index contributed by atoms with van der Waals surface area (Å²) in [6.07, 6.45) is 92.0. The third-order valence-corrected chi connectivity index (χ3v) is 15.0. The number of aliphatic hydroxyl groups is 1. The van der Waals surface area contributed by atoms with Crippen LogP contribution in [-0.2, 0) is 19.1 Å². The van der Waals surface area contributed by atoms with Crippen LogP contribution in [0.25, 0.3) is 0 Å². The lowest BCUT2D eigenvalue weighted by molar-refractivity contribution is -0.161. The van der Waals surface area contributed by atoms with Gasteiger partial charge < -0.3 is 14.6 Å². The zero-order valence-corrected chi connectivity index (χ0v) is 50.8. The zero-order chi connectivity index (χ0) is 54.8. The molecule has 5 heteroatoms. The van der Waals surface area contributed by atoms with E-state index in [-0.39, 0.29) is 25.2 Å². The fraction of sp³-hybridized carbons (Fsp3) is 0.803. The van der Waals surface area contributed by atoms with Crippen molar-refractivity contribution in [3.8, 4) is 0 Å². The van der Waals surface area contributed by atoms with Gasteiger partial charge in [0.05, 0.1) is 6.61 Å². The highest BCUT2D eigenvalue weighted by atomic mass is 16.6. The van der Waals surface area contributed by atoms with Crippen molar-refractivity contribution in [3.05, 3.63) is 72.9 Å². The maximum atomic E-state index is 12.4. The molecule has 0 aromatic rings. The zero-order valence-electron chi connectivity index (χ0n) is 50.8. The molecular weight excluding hydrogens is 933 g/mol. The molecule has 1 atom stereocenters. The van der Waals surface area contributed by atoms with Gasteiger partial charge >= 0.3 is 11.9 Å². The average molecular weight is 1060 g/mol. The van der Waals surface area contributed by atoms with Crippen molar-refractivity contribution in [1.29, 1.82) is 0 Å². The summed E-state index contributed by atoms with van der Waals surface area (Å²) in [7, 11) is 0. The molecule has 1 N–H and O–H groups in total. The van der Waals surface area contributed by atoms with E-state index >= 15 is 0 Å². The Morgan fingerprint density at radius 1 is 0.303 bits per heavy atom. The van der Waals surface area contributed by atoms with Crippen molar-refractivity contribution in [2.75, 3.05) is 13.2 Å². The molecule has 0 aromatic carbocycles. The maximum Gasteiger partial charge on any atom is 0.306 e. The van der Waals surface area contributed by atoms with E-state index < -0.39 is 6.10 Å². The Balaban J connectivity index is 3.44. The van der Waals surface area contributed by atoms with E-state index in [1.54, 1.807) is 0 Å². The molecule has 0 aliphatic rings. The molecule has 1 unspecified atom stereocenters. The van der Waals surface area contributed by atoms with Gasteiger partial charge in [-0.1, -0.05) is 318 Å². The van der Waals surface area contributed by atoms with Gasteiger partial charge in [0.2, 0.25) is 0 Å². The number of carbonyl (C=O) groups excluding carboxylic acids is 2. The van der Waals surface area contributed by atoms with Gasteiger partial charge in [-0.2, -0.15) is 0 Å². The Kier molecular flexibility index (Phi) is 64.3. The number of hydrogen-bond donors (Lipinski definition) is 1. The first kappa shape index (κ1) is 73.3. The predicted molar refractivity (Wildman–Crippen MR) is 334 cm³/mol. The standard InChI is InChI=1S/C71H128O5/c1-3-5-7-9-11-13-15-17-19-21-23-25-27-29-31-33-34-35-36-38-40-42-44-46-48-50-52-54-56-58-60-62-64-66-71(74)76-69(67-72)68-75-70(73)65-63-61-59-57-55-53-51-49-47-45-43-41-39-37-32-30-28-26-24-22-20-18-16-14-12-10-8-6-4-2/h15-18,21-24,27-30,69,72H,3-14,19-20,25-26,31-68H2,1-2H3/b17-15-,18-16-,23-21-,24-22-,29-27-,30-28-. The first-order valence-corrected chi connectivity index (χ1v) is 33.5. The highest BCUT2D eigenvalue weighted by Crippen LogP contribution is 2.18. The number of allylic oxidation sites excluding steroid dienone is 12. The Morgan fingerprint density at radius 2 is 0.526 bits per heavy atom. The van der Waals surface area contributed by atoms with Crippen molar-refractivity contribution < 1.29 is 24.2 Å². The molecule has 0 radical (unpaired) electrons. The van der Waals surface area contributed by atoms with Crippen molar-refractivity contribution in [2.24, 2.45) is 0 Å².